The van der Waals surface area contributed by atoms with Crippen LogP contribution in [0, 0.1) is 3.57 Å². The molecule has 0 aliphatic heterocycles. The van der Waals surface area contributed by atoms with Crippen LogP contribution in [0.25, 0.3) is 10.2 Å². The molecule has 0 aliphatic rings. The Kier molecular flexibility index (Phi) is 4.76. The molecule has 3 aromatic rings. The van der Waals surface area contributed by atoms with E-state index in [0.29, 0.717) is 11.2 Å². The zero-order chi connectivity index (χ0) is 16.4. The van der Waals surface area contributed by atoms with E-state index >= 15 is 0 Å². The van der Waals surface area contributed by atoms with Gasteiger partial charge in [0.05, 0.1) is 5.52 Å². The van der Waals surface area contributed by atoms with Crippen LogP contribution in [0.3, 0.4) is 0 Å². The van der Waals surface area contributed by atoms with Crippen molar-refractivity contribution in [3.63, 3.8) is 0 Å². The average molecular weight is 440 g/mol. The van der Waals surface area contributed by atoms with E-state index in [4.69, 9.17) is 4.74 Å². The largest absolute Gasteiger partial charge is 0.456 e. The van der Waals surface area contributed by atoms with E-state index in [0.717, 1.165) is 14.7 Å². The third kappa shape index (κ3) is 3.30. The van der Waals surface area contributed by atoms with Crippen LogP contribution in [0.4, 0.5) is 0 Å². The molecule has 5 nitrogen and oxygen atoms in total. The zero-order valence-electron chi connectivity index (χ0n) is 12.3. The van der Waals surface area contributed by atoms with Crippen molar-refractivity contribution in [3.05, 3.63) is 60.8 Å². The van der Waals surface area contributed by atoms with Gasteiger partial charge in [-0.1, -0.05) is 12.1 Å². The number of halogens is 1. The number of aromatic nitrogens is 2. The van der Waals surface area contributed by atoms with E-state index in [1.54, 1.807) is 4.68 Å². The number of benzene rings is 1. The summed E-state index contributed by atoms with van der Waals surface area (Å²) in [5.74, 6) is -0.689. The van der Waals surface area contributed by atoms with Crippen LogP contribution in [0.5, 0.6) is 0 Å². The van der Waals surface area contributed by atoms with Gasteiger partial charge in [-0.3, -0.25) is 9.48 Å². The molecular weight excluding hydrogens is 427 g/mol. The quantitative estimate of drug-likeness (QED) is 0.461. The lowest BCUT2D eigenvalue weighted by Crippen LogP contribution is -2.23. The molecular formula is C16H13IN2O3S. The Bertz CT molecular complexity index is 915. The summed E-state index contributed by atoms with van der Waals surface area (Å²) in [4.78, 5) is 24.6. The number of carbonyl (C=O) groups is 1. The Balaban J connectivity index is 1.87. The van der Waals surface area contributed by atoms with Crippen LogP contribution >= 0.6 is 33.9 Å². The second kappa shape index (κ2) is 6.79. The van der Waals surface area contributed by atoms with Gasteiger partial charge in [-0.2, -0.15) is 5.10 Å². The van der Waals surface area contributed by atoms with Gasteiger partial charge in [-0.25, -0.2) is 4.79 Å². The van der Waals surface area contributed by atoms with Gasteiger partial charge in [0.25, 0.3) is 0 Å². The predicted octanol–water partition coefficient (Wildman–Crippen LogP) is 3.44. The van der Waals surface area contributed by atoms with E-state index in [-0.39, 0.29) is 17.7 Å². The molecule has 118 valence electrons. The lowest BCUT2D eigenvalue weighted by molar-refractivity contribution is 0.0461. The Morgan fingerprint density at radius 1 is 1.30 bits per heavy atom. The Labute approximate surface area is 150 Å². The highest BCUT2D eigenvalue weighted by Gasteiger charge is 2.19. The van der Waals surface area contributed by atoms with E-state index in [9.17, 15) is 9.59 Å². The molecule has 3 rings (SSSR count). The van der Waals surface area contributed by atoms with Crippen LogP contribution in [0.2, 0.25) is 0 Å². The highest BCUT2D eigenvalue weighted by Crippen LogP contribution is 2.17. The van der Waals surface area contributed by atoms with Crippen LogP contribution in [-0.2, 0) is 17.9 Å². The minimum Gasteiger partial charge on any atom is -0.456 e. The van der Waals surface area contributed by atoms with Gasteiger partial charge in [-0.15, -0.1) is 11.3 Å². The average Bonchev–Trinajstić information content (AvgIpc) is 3.05. The fourth-order valence-corrected chi connectivity index (χ4v) is 3.37. The van der Waals surface area contributed by atoms with Crippen LogP contribution in [-0.4, -0.2) is 15.7 Å². The summed E-state index contributed by atoms with van der Waals surface area (Å²) in [5.41, 5.74) is 1.09. The maximum absolute atomic E-state index is 12.4. The molecule has 2 aromatic heterocycles. The minimum absolute atomic E-state index is 0.117. The number of fused-ring (bicyclic) bond motifs is 1. The fraction of sp³-hybridized carbons (Fsp3) is 0.188. The molecule has 0 bridgehead atoms. The molecule has 0 fully saturated rings. The second-order valence-electron chi connectivity index (χ2n) is 4.83. The number of hydrogen-bond donors (Lipinski definition) is 0. The van der Waals surface area contributed by atoms with Gasteiger partial charge in [0, 0.05) is 10.1 Å². The summed E-state index contributed by atoms with van der Waals surface area (Å²) in [7, 11) is 0. The topological polar surface area (TPSA) is 61.2 Å². The van der Waals surface area contributed by atoms with Gasteiger partial charge in [-0.05, 0) is 58.7 Å². The number of nitrogens with zero attached hydrogens (tertiary/aromatic N) is 2. The van der Waals surface area contributed by atoms with Crippen LogP contribution in [0.1, 0.15) is 23.0 Å². The molecule has 0 saturated heterocycles. The SMILES string of the molecule is CCn1nc(C(=O)OCc2ccc(I)cc2)c(=O)c2sccc21. The number of esters is 1. The number of aryl methyl sites for hydroxylation is 1. The van der Waals surface area contributed by atoms with Crippen molar-refractivity contribution in [1.82, 2.24) is 9.78 Å². The maximum Gasteiger partial charge on any atom is 0.363 e. The first-order chi connectivity index (χ1) is 11.1. The Morgan fingerprint density at radius 2 is 2.04 bits per heavy atom. The maximum atomic E-state index is 12.4. The zero-order valence-corrected chi connectivity index (χ0v) is 15.3. The first-order valence-corrected chi connectivity index (χ1v) is 8.96. The molecule has 0 amide bonds. The van der Waals surface area contributed by atoms with E-state index in [1.165, 1.54) is 11.3 Å². The molecule has 0 spiro atoms. The van der Waals surface area contributed by atoms with Crippen molar-refractivity contribution >= 4 is 50.1 Å². The monoisotopic (exact) mass is 440 g/mol. The summed E-state index contributed by atoms with van der Waals surface area (Å²) in [6, 6.07) is 9.47. The Morgan fingerprint density at radius 3 is 2.74 bits per heavy atom. The van der Waals surface area contributed by atoms with Crippen LogP contribution < -0.4 is 5.43 Å². The van der Waals surface area contributed by atoms with Crippen molar-refractivity contribution in [2.45, 2.75) is 20.1 Å². The van der Waals surface area contributed by atoms with Crippen molar-refractivity contribution in [2.75, 3.05) is 0 Å². The molecule has 0 atom stereocenters. The van der Waals surface area contributed by atoms with Crippen molar-refractivity contribution in [3.8, 4) is 0 Å². The summed E-state index contributed by atoms with van der Waals surface area (Å²) in [6.45, 7) is 2.60. The van der Waals surface area contributed by atoms with E-state index in [1.807, 2.05) is 42.6 Å². The highest BCUT2D eigenvalue weighted by atomic mass is 127. The number of rotatable bonds is 4. The first-order valence-electron chi connectivity index (χ1n) is 7.00. The molecule has 2 heterocycles. The van der Waals surface area contributed by atoms with Gasteiger partial charge < -0.3 is 4.74 Å². The number of ether oxygens (including phenoxy) is 1. The third-order valence-electron chi connectivity index (χ3n) is 3.34. The first kappa shape index (κ1) is 16.1. The van der Waals surface area contributed by atoms with Crippen molar-refractivity contribution in [2.24, 2.45) is 0 Å². The number of thiophene rings is 1. The van der Waals surface area contributed by atoms with Gasteiger partial charge in [0.15, 0.2) is 0 Å². The fourth-order valence-electron chi connectivity index (χ4n) is 2.18. The van der Waals surface area contributed by atoms with Gasteiger partial charge in [0.1, 0.15) is 11.3 Å². The lowest BCUT2D eigenvalue weighted by Gasteiger charge is -2.08. The number of carbonyl (C=O) groups excluding carboxylic acids is 1. The van der Waals surface area contributed by atoms with Crippen molar-refractivity contribution < 1.29 is 9.53 Å². The molecule has 23 heavy (non-hydrogen) atoms. The number of hydrogen-bond acceptors (Lipinski definition) is 5. The second-order valence-corrected chi connectivity index (χ2v) is 6.99. The predicted molar refractivity (Wildman–Crippen MR) is 97.8 cm³/mol. The normalized spacial score (nSPS) is 10.9. The highest BCUT2D eigenvalue weighted by molar-refractivity contribution is 14.1. The smallest absolute Gasteiger partial charge is 0.363 e. The summed E-state index contributed by atoms with van der Waals surface area (Å²) < 4.78 is 8.53. The van der Waals surface area contributed by atoms with Gasteiger partial charge in [0.2, 0.25) is 11.1 Å². The summed E-state index contributed by atoms with van der Waals surface area (Å²) >= 11 is 3.52. The lowest BCUT2D eigenvalue weighted by atomic mass is 10.2. The van der Waals surface area contributed by atoms with E-state index in [2.05, 4.69) is 27.7 Å². The van der Waals surface area contributed by atoms with Crippen LogP contribution in [0.15, 0.2) is 40.5 Å². The summed E-state index contributed by atoms with van der Waals surface area (Å²) in [5, 5.41) is 5.97. The minimum atomic E-state index is -0.689. The Hall–Kier alpha value is -1.74. The molecule has 1 aromatic carbocycles. The molecule has 7 heteroatoms. The van der Waals surface area contributed by atoms with Gasteiger partial charge >= 0.3 is 5.97 Å². The third-order valence-corrected chi connectivity index (χ3v) is 4.96. The molecule has 0 unspecified atom stereocenters. The molecule has 0 N–H and O–H groups in total. The molecule has 0 saturated carbocycles. The molecule has 0 aliphatic carbocycles. The molecule has 0 radical (unpaired) electrons. The van der Waals surface area contributed by atoms with E-state index < -0.39 is 5.97 Å². The summed E-state index contributed by atoms with van der Waals surface area (Å²) in [6.07, 6.45) is 0. The van der Waals surface area contributed by atoms with Crippen molar-refractivity contribution in [1.29, 1.82) is 0 Å². The standard InChI is InChI=1S/C16H13IN2O3S/c1-2-19-12-7-8-23-15(12)14(20)13(18-19)16(21)22-9-10-3-5-11(17)6-4-10/h3-8H,2,9H2,1H3.